The van der Waals surface area contributed by atoms with Gasteiger partial charge < -0.3 is 9.80 Å². The Hall–Kier alpha value is -2.42. The summed E-state index contributed by atoms with van der Waals surface area (Å²) in [5.41, 5.74) is -1.10. The number of H-pyrrole nitrogens is 1. The fourth-order valence-electron chi connectivity index (χ4n) is 3.45. The molecule has 158 valence electrons. The van der Waals surface area contributed by atoms with Crippen molar-refractivity contribution in [3.8, 4) is 0 Å². The number of nitrogens with one attached hydrogen (secondary N) is 1. The second kappa shape index (κ2) is 9.39. The lowest BCUT2D eigenvalue weighted by Gasteiger charge is -2.27. The molecule has 0 aliphatic carbocycles. The molecule has 3 rings (SSSR count). The first-order chi connectivity index (χ1) is 13.8. The molecule has 1 aromatic carbocycles. The van der Waals surface area contributed by atoms with Crippen LogP contribution in [-0.2, 0) is 12.7 Å². The van der Waals surface area contributed by atoms with Crippen LogP contribution in [0.1, 0.15) is 47.4 Å². The van der Waals surface area contributed by atoms with Crippen LogP contribution in [0.3, 0.4) is 0 Å². The van der Waals surface area contributed by atoms with Crippen LogP contribution in [0.15, 0.2) is 30.3 Å². The number of aromatic amines is 1. The number of rotatable bonds is 6. The summed E-state index contributed by atoms with van der Waals surface area (Å²) < 4.78 is 52.6. The minimum atomic E-state index is -4.62. The highest BCUT2D eigenvalue weighted by Crippen LogP contribution is 2.28. The summed E-state index contributed by atoms with van der Waals surface area (Å²) >= 11 is 0. The molecular formula is C20H24F4N4O. The van der Waals surface area contributed by atoms with Crippen molar-refractivity contribution in [1.29, 1.82) is 0 Å². The van der Waals surface area contributed by atoms with E-state index in [0.29, 0.717) is 18.2 Å². The molecule has 1 fully saturated rings. The van der Waals surface area contributed by atoms with Gasteiger partial charge in [0.1, 0.15) is 11.5 Å². The number of benzene rings is 1. The quantitative estimate of drug-likeness (QED) is 0.728. The van der Waals surface area contributed by atoms with Crippen LogP contribution in [0.25, 0.3) is 0 Å². The SMILES string of the molecule is O=C(c1cc(C(F)(F)F)[nH]n1)N(CCN1CCCCCC1)Cc1ccccc1F. The summed E-state index contributed by atoms with van der Waals surface area (Å²) in [7, 11) is 0. The highest BCUT2D eigenvalue weighted by molar-refractivity contribution is 5.92. The van der Waals surface area contributed by atoms with Crippen molar-refractivity contribution in [2.75, 3.05) is 26.2 Å². The highest BCUT2D eigenvalue weighted by atomic mass is 19.4. The molecule has 1 aliphatic heterocycles. The monoisotopic (exact) mass is 412 g/mol. The predicted molar refractivity (Wildman–Crippen MR) is 99.6 cm³/mol. The molecule has 0 atom stereocenters. The average Bonchev–Trinajstić information content (AvgIpc) is 3.05. The first-order valence-corrected chi connectivity index (χ1v) is 9.72. The Morgan fingerprint density at radius 1 is 1.14 bits per heavy atom. The Labute approximate surface area is 166 Å². The minimum absolute atomic E-state index is 0.0342. The molecule has 5 nitrogen and oxygen atoms in total. The first kappa shape index (κ1) is 21.3. The number of nitrogens with zero attached hydrogens (tertiary/aromatic N) is 3. The standard InChI is InChI=1S/C20H24F4N4O/c21-16-8-4-3-7-15(16)14-28(12-11-27-9-5-1-2-6-10-27)19(29)17-13-18(26-25-17)20(22,23)24/h3-4,7-8,13H,1-2,5-6,9-12,14H2,(H,25,26). The van der Waals surface area contributed by atoms with E-state index >= 15 is 0 Å². The largest absolute Gasteiger partial charge is 0.432 e. The van der Waals surface area contributed by atoms with E-state index in [1.807, 2.05) is 5.10 Å². The molecule has 9 heteroatoms. The summed E-state index contributed by atoms with van der Waals surface area (Å²) in [6, 6.07) is 6.76. The molecule has 1 aliphatic rings. The molecule has 0 unspecified atom stereocenters. The van der Waals surface area contributed by atoms with Crippen LogP contribution in [0.4, 0.5) is 17.6 Å². The summed E-state index contributed by atoms with van der Waals surface area (Å²) in [6.45, 7) is 2.66. The summed E-state index contributed by atoms with van der Waals surface area (Å²) in [4.78, 5) is 16.5. The second-order valence-electron chi connectivity index (χ2n) is 7.24. The third kappa shape index (κ3) is 5.79. The molecular weight excluding hydrogens is 388 g/mol. The van der Waals surface area contributed by atoms with Crippen LogP contribution in [0, 0.1) is 5.82 Å². The van der Waals surface area contributed by atoms with E-state index in [-0.39, 0.29) is 18.8 Å². The Morgan fingerprint density at radius 2 is 1.83 bits per heavy atom. The summed E-state index contributed by atoms with van der Waals surface area (Å²) in [6.07, 6.45) is -0.122. The number of carbonyl (C=O) groups is 1. The van der Waals surface area contributed by atoms with Crippen molar-refractivity contribution in [2.24, 2.45) is 0 Å². The maximum atomic E-state index is 14.1. The van der Waals surface area contributed by atoms with Gasteiger partial charge in [0, 0.05) is 31.3 Å². The third-order valence-electron chi connectivity index (χ3n) is 5.09. The van der Waals surface area contributed by atoms with Gasteiger partial charge in [-0.1, -0.05) is 31.0 Å². The van der Waals surface area contributed by atoms with Gasteiger partial charge in [0.05, 0.1) is 0 Å². The second-order valence-corrected chi connectivity index (χ2v) is 7.24. The normalized spacial score (nSPS) is 15.9. The van der Waals surface area contributed by atoms with Crippen molar-refractivity contribution in [3.63, 3.8) is 0 Å². The van der Waals surface area contributed by atoms with E-state index < -0.39 is 23.6 Å². The smallest absolute Gasteiger partial charge is 0.332 e. The van der Waals surface area contributed by atoms with Crippen LogP contribution in [0.5, 0.6) is 0 Å². The lowest BCUT2D eigenvalue weighted by molar-refractivity contribution is -0.141. The van der Waals surface area contributed by atoms with Gasteiger partial charge in [-0.05, 0) is 32.0 Å². The Bertz CT molecular complexity index is 813. The molecule has 1 saturated heterocycles. The highest BCUT2D eigenvalue weighted by Gasteiger charge is 2.34. The molecule has 1 amide bonds. The predicted octanol–water partition coefficient (Wildman–Crippen LogP) is 4.09. The van der Waals surface area contributed by atoms with Crippen molar-refractivity contribution < 1.29 is 22.4 Å². The zero-order chi connectivity index (χ0) is 20.9. The Balaban J connectivity index is 1.76. The number of hydrogen-bond acceptors (Lipinski definition) is 3. The summed E-state index contributed by atoms with van der Waals surface area (Å²) in [5, 5.41) is 5.40. The van der Waals surface area contributed by atoms with E-state index in [1.54, 1.807) is 18.2 Å². The lowest BCUT2D eigenvalue weighted by atomic mass is 10.2. The molecule has 1 aromatic heterocycles. The summed E-state index contributed by atoms with van der Waals surface area (Å²) in [5.74, 6) is -1.12. The molecule has 0 radical (unpaired) electrons. The van der Waals surface area contributed by atoms with Crippen molar-refractivity contribution >= 4 is 5.91 Å². The van der Waals surface area contributed by atoms with Gasteiger partial charge in [0.15, 0.2) is 5.69 Å². The van der Waals surface area contributed by atoms with Gasteiger partial charge in [-0.2, -0.15) is 18.3 Å². The van der Waals surface area contributed by atoms with Gasteiger partial charge in [-0.3, -0.25) is 9.89 Å². The molecule has 2 heterocycles. The topological polar surface area (TPSA) is 52.2 Å². The number of hydrogen-bond donors (Lipinski definition) is 1. The van der Waals surface area contributed by atoms with Gasteiger partial charge in [0.2, 0.25) is 0 Å². The van der Waals surface area contributed by atoms with Gasteiger partial charge in [-0.25, -0.2) is 4.39 Å². The molecule has 0 spiro atoms. The number of halogens is 4. The van der Waals surface area contributed by atoms with Crippen LogP contribution < -0.4 is 0 Å². The minimum Gasteiger partial charge on any atom is -0.332 e. The van der Waals surface area contributed by atoms with E-state index in [9.17, 15) is 22.4 Å². The van der Waals surface area contributed by atoms with Crippen molar-refractivity contribution in [2.45, 2.75) is 38.4 Å². The molecule has 2 aromatic rings. The number of alkyl halides is 3. The zero-order valence-corrected chi connectivity index (χ0v) is 16.0. The third-order valence-corrected chi connectivity index (χ3v) is 5.09. The maximum absolute atomic E-state index is 14.1. The van der Waals surface area contributed by atoms with E-state index in [2.05, 4.69) is 10.00 Å². The Morgan fingerprint density at radius 3 is 2.45 bits per heavy atom. The van der Waals surface area contributed by atoms with Crippen molar-refractivity contribution in [1.82, 2.24) is 20.0 Å². The van der Waals surface area contributed by atoms with Gasteiger partial charge in [-0.15, -0.1) is 0 Å². The van der Waals surface area contributed by atoms with Crippen LogP contribution in [0.2, 0.25) is 0 Å². The van der Waals surface area contributed by atoms with E-state index in [0.717, 1.165) is 25.9 Å². The molecule has 0 bridgehead atoms. The number of carbonyl (C=O) groups excluding carboxylic acids is 1. The molecule has 0 saturated carbocycles. The number of likely N-dealkylation sites (tertiary alicyclic amines) is 1. The molecule has 29 heavy (non-hydrogen) atoms. The molecule has 1 N–H and O–H groups in total. The zero-order valence-electron chi connectivity index (χ0n) is 16.0. The van der Waals surface area contributed by atoms with Crippen molar-refractivity contribution in [3.05, 3.63) is 53.1 Å². The maximum Gasteiger partial charge on any atom is 0.432 e. The number of amides is 1. The van der Waals surface area contributed by atoms with E-state index in [1.165, 1.54) is 23.8 Å². The van der Waals surface area contributed by atoms with Crippen LogP contribution in [-0.4, -0.2) is 52.1 Å². The number of aromatic nitrogens is 2. The average molecular weight is 412 g/mol. The van der Waals surface area contributed by atoms with Gasteiger partial charge in [0.25, 0.3) is 5.91 Å². The lowest BCUT2D eigenvalue weighted by Crippen LogP contribution is -2.39. The fraction of sp³-hybridized carbons (Fsp3) is 0.500. The fourth-order valence-corrected chi connectivity index (χ4v) is 3.45. The Kier molecular flexibility index (Phi) is 6.89. The van der Waals surface area contributed by atoms with E-state index in [4.69, 9.17) is 0 Å². The van der Waals surface area contributed by atoms with Gasteiger partial charge >= 0.3 is 6.18 Å². The van der Waals surface area contributed by atoms with Crippen LogP contribution >= 0.6 is 0 Å². The first-order valence-electron chi connectivity index (χ1n) is 9.72.